The molecule has 1 aromatic rings. The van der Waals surface area contributed by atoms with Gasteiger partial charge in [0, 0.05) is 18.7 Å². The molecule has 0 bridgehead atoms. The molecule has 2 unspecified atom stereocenters. The third-order valence-corrected chi connectivity index (χ3v) is 4.02. The summed E-state index contributed by atoms with van der Waals surface area (Å²) in [6.07, 6.45) is -0.675. The van der Waals surface area contributed by atoms with Gasteiger partial charge in [-0.15, -0.1) is 0 Å². The van der Waals surface area contributed by atoms with Crippen molar-refractivity contribution in [3.05, 3.63) is 29.3 Å². The smallest absolute Gasteiger partial charge is 0.128 e. The Morgan fingerprint density at radius 2 is 1.90 bits per heavy atom. The minimum Gasteiger partial charge on any atom is -0.491 e. The maximum absolute atomic E-state index is 10.7. The molecule has 0 radical (unpaired) electrons. The minimum absolute atomic E-state index is 0.0118. The minimum atomic E-state index is -0.675. The van der Waals surface area contributed by atoms with Crippen LogP contribution >= 0.6 is 0 Å². The lowest BCUT2D eigenvalue weighted by atomic mass is 9.92. The summed E-state index contributed by atoms with van der Waals surface area (Å²) in [7, 11) is 0. The van der Waals surface area contributed by atoms with Crippen LogP contribution in [0.25, 0.3) is 0 Å². The summed E-state index contributed by atoms with van der Waals surface area (Å²) in [6, 6.07) is 5.59. The molecule has 0 aliphatic carbocycles. The molecule has 1 aliphatic heterocycles. The third kappa shape index (κ3) is 3.37. The first-order chi connectivity index (χ1) is 10.1. The summed E-state index contributed by atoms with van der Waals surface area (Å²) >= 11 is 0. The van der Waals surface area contributed by atoms with Crippen LogP contribution in [0.15, 0.2) is 18.2 Å². The van der Waals surface area contributed by atoms with Gasteiger partial charge in [-0.1, -0.05) is 32.0 Å². The number of benzene rings is 1. The van der Waals surface area contributed by atoms with Gasteiger partial charge in [-0.25, -0.2) is 0 Å². The van der Waals surface area contributed by atoms with Crippen molar-refractivity contribution in [2.24, 2.45) is 0 Å². The molecule has 1 aliphatic rings. The molecular weight excluding hydrogens is 270 g/mol. The summed E-state index contributed by atoms with van der Waals surface area (Å²) in [6.45, 7) is 5.35. The molecule has 1 heterocycles. The molecule has 0 aromatic heterocycles. The Morgan fingerprint density at radius 1 is 1.24 bits per heavy atom. The van der Waals surface area contributed by atoms with Gasteiger partial charge in [0.2, 0.25) is 0 Å². The summed E-state index contributed by atoms with van der Waals surface area (Å²) < 4.78 is 5.91. The van der Waals surface area contributed by atoms with Gasteiger partial charge in [0.25, 0.3) is 0 Å². The molecule has 0 fully saturated rings. The molecule has 5 heteroatoms. The van der Waals surface area contributed by atoms with Gasteiger partial charge in [-0.2, -0.15) is 0 Å². The van der Waals surface area contributed by atoms with E-state index in [9.17, 15) is 5.11 Å². The molecule has 0 spiro atoms. The van der Waals surface area contributed by atoms with Crippen LogP contribution in [-0.4, -0.2) is 59.2 Å². The number of hydrogen-bond acceptors (Lipinski definition) is 5. The van der Waals surface area contributed by atoms with Crippen LogP contribution in [0, 0.1) is 0 Å². The monoisotopic (exact) mass is 295 g/mol. The number of ether oxygens (including phenoxy) is 1. The molecule has 2 atom stereocenters. The highest BCUT2D eigenvalue weighted by Gasteiger charge is 2.34. The Morgan fingerprint density at radius 3 is 2.48 bits per heavy atom. The van der Waals surface area contributed by atoms with Gasteiger partial charge >= 0.3 is 0 Å². The number of nitrogens with zero attached hydrogens (tertiary/aromatic N) is 1. The SMILES string of the molecule is CC(C)c1cccc2c1OCC(N(CCO)CCO)C2O. The average Bonchev–Trinajstić information content (AvgIpc) is 2.47. The van der Waals surface area contributed by atoms with Gasteiger partial charge in [-0.05, 0) is 11.5 Å². The van der Waals surface area contributed by atoms with Crippen molar-refractivity contribution in [3.8, 4) is 5.75 Å². The quantitative estimate of drug-likeness (QED) is 0.727. The number of aliphatic hydroxyl groups is 3. The Hall–Kier alpha value is -1.14. The molecule has 21 heavy (non-hydrogen) atoms. The number of rotatable bonds is 6. The van der Waals surface area contributed by atoms with Crippen molar-refractivity contribution in [3.63, 3.8) is 0 Å². The van der Waals surface area contributed by atoms with Crippen LogP contribution in [0.4, 0.5) is 0 Å². The van der Waals surface area contributed by atoms with Gasteiger partial charge in [0.1, 0.15) is 18.5 Å². The topological polar surface area (TPSA) is 73.2 Å². The Labute approximate surface area is 125 Å². The van der Waals surface area contributed by atoms with E-state index in [-0.39, 0.29) is 19.3 Å². The highest BCUT2D eigenvalue weighted by molar-refractivity contribution is 5.46. The van der Waals surface area contributed by atoms with Crippen molar-refractivity contribution >= 4 is 0 Å². The van der Waals surface area contributed by atoms with E-state index in [0.29, 0.717) is 25.6 Å². The normalized spacial score (nSPS) is 21.5. The van der Waals surface area contributed by atoms with E-state index in [1.807, 2.05) is 23.1 Å². The van der Waals surface area contributed by atoms with Gasteiger partial charge < -0.3 is 20.1 Å². The largest absolute Gasteiger partial charge is 0.491 e. The molecule has 3 N–H and O–H groups in total. The Balaban J connectivity index is 2.27. The zero-order valence-corrected chi connectivity index (χ0v) is 12.7. The summed E-state index contributed by atoms with van der Waals surface area (Å²) in [4.78, 5) is 1.87. The first-order valence-electron chi connectivity index (χ1n) is 7.49. The van der Waals surface area contributed by atoms with E-state index in [4.69, 9.17) is 14.9 Å². The van der Waals surface area contributed by atoms with Crippen molar-refractivity contribution in [1.29, 1.82) is 0 Å². The molecular formula is C16H25NO4. The number of aliphatic hydroxyl groups excluding tert-OH is 3. The predicted molar refractivity (Wildman–Crippen MR) is 80.5 cm³/mol. The van der Waals surface area contributed by atoms with Crippen LogP contribution in [-0.2, 0) is 0 Å². The van der Waals surface area contributed by atoms with Crippen LogP contribution in [0.5, 0.6) is 5.75 Å². The fourth-order valence-corrected chi connectivity index (χ4v) is 2.90. The lowest BCUT2D eigenvalue weighted by Gasteiger charge is -2.38. The maximum atomic E-state index is 10.7. The van der Waals surface area contributed by atoms with Crippen molar-refractivity contribution in [1.82, 2.24) is 4.90 Å². The number of fused-ring (bicyclic) bond motifs is 1. The Kier molecular flexibility index (Phi) is 5.58. The molecule has 118 valence electrons. The maximum Gasteiger partial charge on any atom is 0.128 e. The number of para-hydroxylation sites is 1. The van der Waals surface area contributed by atoms with Crippen molar-refractivity contribution < 1.29 is 20.1 Å². The molecule has 1 aromatic carbocycles. The van der Waals surface area contributed by atoms with Crippen molar-refractivity contribution in [2.45, 2.75) is 31.9 Å². The van der Waals surface area contributed by atoms with E-state index < -0.39 is 6.10 Å². The number of hydrogen-bond donors (Lipinski definition) is 3. The molecule has 0 amide bonds. The highest BCUT2D eigenvalue weighted by Crippen LogP contribution is 2.39. The van der Waals surface area contributed by atoms with E-state index in [0.717, 1.165) is 16.9 Å². The third-order valence-electron chi connectivity index (χ3n) is 4.02. The molecule has 0 saturated heterocycles. The van der Waals surface area contributed by atoms with Crippen LogP contribution < -0.4 is 4.74 Å². The lowest BCUT2D eigenvalue weighted by molar-refractivity contribution is -0.00905. The van der Waals surface area contributed by atoms with E-state index >= 15 is 0 Å². The van der Waals surface area contributed by atoms with Gasteiger partial charge in [-0.3, -0.25) is 4.90 Å². The zero-order valence-electron chi connectivity index (χ0n) is 12.7. The second-order valence-electron chi connectivity index (χ2n) is 5.73. The van der Waals surface area contributed by atoms with Crippen LogP contribution in [0.1, 0.15) is 37.0 Å². The first kappa shape index (κ1) is 16.2. The van der Waals surface area contributed by atoms with E-state index in [1.165, 1.54) is 0 Å². The van der Waals surface area contributed by atoms with Crippen molar-refractivity contribution in [2.75, 3.05) is 32.9 Å². The predicted octanol–water partition coefficient (Wildman–Crippen LogP) is 0.891. The summed E-state index contributed by atoms with van der Waals surface area (Å²) in [5, 5.41) is 29.0. The van der Waals surface area contributed by atoms with Crippen LogP contribution in [0.2, 0.25) is 0 Å². The zero-order chi connectivity index (χ0) is 15.4. The van der Waals surface area contributed by atoms with E-state index in [2.05, 4.69) is 13.8 Å². The lowest BCUT2D eigenvalue weighted by Crippen LogP contribution is -2.48. The van der Waals surface area contributed by atoms with Gasteiger partial charge in [0.05, 0.1) is 19.3 Å². The summed E-state index contributed by atoms with van der Waals surface area (Å²) in [5.41, 5.74) is 1.89. The average molecular weight is 295 g/mol. The van der Waals surface area contributed by atoms with E-state index in [1.54, 1.807) is 0 Å². The second-order valence-corrected chi connectivity index (χ2v) is 5.73. The second kappa shape index (κ2) is 7.22. The molecule has 5 nitrogen and oxygen atoms in total. The fraction of sp³-hybridized carbons (Fsp3) is 0.625. The fourth-order valence-electron chi connectivity index (χ4n) is 2.90. The molecule has 2 rings (SSSR count). The summed E-state index contributed by atoms with van der Waals surface area (Å²) in [5.74, 6) is 1.11. The first-order valence-corrected chi connectivity index (χ1v) is 7.49. The standard InChI is InChI=1S/C16H25NO4/c1-11(2)12-4-3-5-13-15(20)14(10-21-16(12)13)17(6-8-18)7-9-19/h3-5,11,14-15,18-20H,6-10H2,1-2H3. The van der Waals surface area contributed by atoms with Crippen LogP contribution in [0.3, 0.4) is 0 Å². The highest BCUT2D eigenvalue weighted by atomic mass is 16.5. The molecule has 0 saturated carbocycles. The van der Waals surface area contributed by atoms with Gasteiger partial charge in [0.15, 0.2) is 0 Å². The Bertz CT molecular complexity index is 458.